The molecule has 2 heterocycles. The number of hydrogen-bond donors (Lipinski definition) is 0. The molecule has 33 heavy (non-hydrogen) atoms. The van der Waals surface area contributed by atoms with Gasteiger partial charge in [-0.15, -0.1) is 0 Å². The number of hydrogen-bond acceptors (Lipinski definition) is 1. The summed E-state index contributed by atoms with van der Waals surface area (Å²) in [6.45, 7) is 4.33. The normalized spacial score (nSPS) is 15.6. The fourth-order valence-electron chi connectivity index (χ4n) is 6.01. The van der Waals surface area contributed by atoms with E-state index in [0.717, 1.165) is 22.5 Å². The molecule has 2 aromatic heterocycles. The summed E-state index contributed by atoms with van der Waals surface area (Å²) in [4.78, 5) is 5.08. The van der Waals surface area contributed by atoms with Crippen LogP contribution in [0.4, 0.5) is 4.39 Å². The molecule has 1 saturated carbocycles. The lowest BCUT2D eigenvalue weighted by Gasteiger charge is -2.26. The summed E-state index contributed by atoms with van der Waals surface area (Å²) in [6, 6.07) is 20.3. The third-order valence-electron chi connectivity index (χ3n) is 7.72. The molecule has 2 nitrogen and oxygen atoms in total. The summed E-state index contributed by atoms with van der Waals surface area (Å²) in [5, 5.41) is 0. The van der Waals surface area contributed by atoms with Gasteiger partial charge in [-0.25, -0.2) is 8.96 Å². The highest BCUT2D eigenvalue weighted by Crippen LogP contribution is 2.57. The minimum absolute atomic E-state index is 0.0815. The van der Waals surface area contributed by atoms with E-state index in [1.807, 2.05) is 12.1 Å². The van der Waals surface area contributed by atoms with Crippen molar-refractivity contribution in [3.8, 4) is 33.5 Å². The summed E-state index contributed by atoms with van der Waals surface area (Å²) in [6.07, 6.45) is 7.01. The topological polar surface area (TPSA) is 16.8 Å². The molecule has 3 heteroatoms. The van der Waals surface area contributed by atoms with Crippen LogP contribution < -0.4 is 4.57 Å². The maximum Gasteiger partial charge on any atom is 0.213 e. The van der Waals surface area contributed by atoms with Crippen LogP contribution in [0, 0.1) is 19.7 Å². The highest BCUT2D eigenvalue weighted by molar-refractivity contribution is 5.85. The minimum atomic E-state index is -0.210. The first-order valence-corrected chi connectivity index (χ1v) is 11.9. The van der Waals surface area contributed by atoms with Crippen molar-refractivity contribution < 1.29 is 8.96 Å². The lowest BCUT2D eigenvalue weighted by molar-refractivity contribution is -0.660. The van der Waals surface area contributed by atoms with Crippen LogP contribution in [0.1, 0.15) is 48.2 Å². The number of pyridine rings is 2. The number of nitrogens with zero attached hydrogens (tertiary/aromatic N) is 2. The third kappa shape index (κ3) is 3.06. The molecule has 0 bridgehead atoms. The van der Waals surface area contributed by atoms with Gasteiger partial charge in [-0.2, -0.15) is 0 Å². The second-order valence-corrected chi connectivity index (χ2v) is 9.77. The molecule has 0 radical (unpaired) electrons. The quantitative estimate of drug-likeness (QED) is 0.315. The van der Waals surface area contributed by atoms with Crippen molar-refractivity contribution in [2.75, 3.05) is 0 Å². The van der Waals surface area contributed by atoms with Gasteiger partial charge in [-0.3, -0.25) is 4.98 Å². The van der Waals surface area contributed by atoms with Gasteiger partial charge in [0.25, 0.3) is 0 Å². The first kappa shape index (κ1) is 20.3. The van der Waals surface area contributed by atoms with Crippen LogP contribution in [-0.4, -0.2) is 4.98 Å². The zero-order valence-corrected chi connectivity index (χ0v) is 19.5. The van der Waals surface area contributed by atoms with Gasteiger partial charge >= 0.3 is 0 Å². The maximum atomic E-state index is 13.5. The van der Waals surface area contributed by atoms with E-state index >= 15 is 0 Å². The largest absolute Gasteiger partial charge is 0.257 e. The SMILES string of the molecule is Cc1ccc2c(n1)C1(CCCC1)c1cc(C)c(-c3cc(-c4ccc(F)cc4)cc[n+]3C)cc1-2. The molecule has 4 aromatic rings. The van der Waals surface area contributed by atoms with Gasteiger partial charge in [0.1, 0.15) is 12.9 Å². The summed E-state index contributed by atoms with van der Waals surface area (Å²) in [5.41, 5.74) is 12.4. The number of benzene rings is 2. The molecule has 0 saturated heterocycles. The highest BCUT2D eigenvalue weighted by atomic mass is 19.1. The Morgan fingerprint density at radius 2 is 1.58 bits per heavy atom. The van der Waals surface area contributed by atoms with Crippen LogP contribution in [0.25, 0.3) is 33.5 Å². The Morgan fingerprint density at radius 3 is 2.33 bits per heavy atom. The van der Waals surface area contributed by atoms with Gasteiger partial charge in [0.15, 0.2) is 6.20 Å². The molecule has 2 aromatic carbocycles. The van der Waals surface area contributed by atoms with Crippen molar-refractivity contribution in [1.82, 2.24) is 4.98 Å². The van der Waals surface area contributed by atoms with E-state index in [9.17, 15) is 4.39 Å². The summed E-state index contributed by atoms with van der Waals surface area (Å²) >= 11 is 0. The first-order chi connectivity index (χ1) is 16.0. The number of fused-ring (bicyclic) bond motifs is 5. The van der Waals surface area contributed by atoms with Gasteiger partial charge in [0.2, 0.25) is 5.69 Å². The number of aryl methyl sites for hydroxylation is 3. The average Bonchev–Trinajstić information content (AvgIpc) is 3.39. The number of rotatable bonds is 2. The fourth-order valence-corrected chi connectivity index (χ4v) is 6.01. The third-order valence-corrected chi connectivity index (χ3v) is 7.72. The van der Waals surface area contributed by atoms with Crippen LogP contribution >= 0.6 is 0 Å². The molecule has 0 aliphatic heterocycles. The van der Waals surface area contributed by atoms with E-state index in [1.54, 1.807) is 0 Å². The smallest absolute Gasteiger partial charge is 0.213 e. The molecule has 0 atom stereocenters. The van der Waals surface area contributed by atoms with Crippen LogP contribution in [0.3, 0.4) is 0 Å². The number of halogens is 1. The fraction of sp³-hybridized carbons (Fsp3) is 0.267. The predicted molar refractivity (Wildman–Crippen MR) is 130 cm³/mol. The molecule has 1 spiro atoms. The second kappa shape index (κ2) is 7.34. The molecule has 0 amide bonds. The molecule has 0 unspecified atom stereocenters. The monoisotopic (exact) mass is 435 g/mol. The van der Waals surface area contributed by atoms with E-state index < -0.39 is 0 Å². The Morgan fingerprint density at radius 1 is 0.818 bits per heavy atom. The molecular formula is C30H28FN2+. The van der Waals surface area contributed by atoms with Crippen LogP contribution in [-0.2, 0) is 12.5 Å². The van der Waals surface area contributed by atoms with Crippen molar-refractivity contribution in [2.45, 2.75) is 44.9 Å². The Kier molecular flexibility index (Phi) is 4.52. The van der Waals surface area contributed by atoms with Crippen LogP contribution in [0.15, 0.2) is 66.9 Å². The van der Waals surface area contributed by atoms with Crippen molar-refractivity contribution in [2.24, 2.45) is 7.05 Å². The standard InChI is InChI=1S/C30H28FN2/c1-19-16-27-26(24-11-6-20(2)32-29(24)30(27)13-4-5-14-30)18-25(19)28-17-22(12-15-33(28)3)21-7-9-23(31)10-8-21/h6-12,15-18H,4-5,13-14H2,1-3H3/q+1. The van der Waals surface area contributed by atoms with Crippen molar-refractivity contribution in [1.29, 1.82) is 0 Å². The summed E-state index contributed by atoms with van der Waals surface area (Å²) < 4.78 is 15.6. The van der Waals surface area contributed by atoms with E-state index in [4.69, 9.17) is 4.98 Å². The van der Waals surface area contributed by atoms with Gasteiger partial charge in [-0.05, 0) is 78.8 Å². The van der Waals surface area contributed by atoms with Crippen molar-refractivity contribution >= 4 is 0 Å². The van der Waals surface area contributed by atoms with E-state index in [-0.39, 0.29) is 11.2 Å². The Hall–Kier alpha value is -3.33. The maximum absolute atomic E-state index is 13.5. The predicted octanol–water partition coefficient (Wildman–Crippen LogP) is 6.84. The summed E-state index contributed by atoms with van der Waals surface area (Å²) in [7, 11) is 2.09. The van der Waals surface area contributed by atoms with Gasteiger partial charge in [0, 0.05) is 34.4 Å². The molecule has 1 fully saturated rings. The molecule has 164 valence electrons. The van der Waals surface area contributed by atoms with E-state index in [0.29, 0.717) is 0 Å². The number of aromatic nitrogens is 2. The minimum Gasteiger partial charge on any atom is -0.257 e. The van der Waals surface area contributed by atoms with Crippen molar-refractivity contribution in [3.05, 3.63) is 95.2 Å². The zero-order valence-electron chi connectivity index (χ0n) is 19.5. The molecule has 2 aliphatic rings. The van der Waals surface area contributed by atoms with Gasteiger partial charge in [-0.1, -0.05) is 37.1 Å². The van der Waals surface area contributed by atoms with Crippen LogP contribution in [0.5, 0.6) is 0 Å². The van der Waals surface area contributed by atoms with Crippen LogP contribution in [0.2, 0.25) is 0 Å². The Balaban J connectivity index is 1.55. The highest BCUT2D eigenvalue weighted by Gasteiger charge is 2.46. The summed E-state index contributed by atoms with van der Waals surface area (Å²) in [5.74, 6) is -0.210. The van der Waals surface area contributed by atoms with E-state index in [1.165, 1.54) is 71.3 Å². The first-order valence-electron chi connectivity index (χ1n) is 11.9. The van der Waals surface area contributed by atoms with E-state index in [2.05, 4.69) is 68.1 Å². The van der Waals surface area contributed by atoms with Crippen molar-refractivity contribution in [3.63, 3.8) is 0 Å². The molecular weight excluding hydrogens is 407 g/mol. The Bertz CT molecular complexity index is 1400. The average molecular weight is 436 g/mol. The Labute approximate surface area is 194 Å². The van der Waals surface area contributed by atoms with Gasteiger partial charge in [0.05, 0.1) is 5.69 Å². The molecule has 2 aliphatic carbocycles. The van der Waals surface area contributed by atoms with Gasteiger partial charge < -0.3 is 0 Å². The second-order valence-electron chi connectivity index (χ2n) is 9.77. The zero-order chi connectivity index (χ0) is 22.7. The molecule has 0 N–H and O–H groups in total. The molecule has 6 rings (SSSR count). The lowest BCUT2D eigenvalue weighted by Crippen LogP contribution is -2.30. The lowest BCUT2D eigenvalue weighted by atomic mass is 9.78.